The topological polar surface area (TPSA) is 107 Å². The van der Waals surface area contributed by atoms with Gasteiger partial charge in [-0.05, 0) is 68.6 Å². The number of oxime groups is 1. The number of hydrogen-bond donors (Lipinski definition) is 3. The lowest BCUT2D eigenvalue weighted by Gasteiger charge is -2.29. The number of nitrogens with one attached hydrogen (secondary N) is 1. The quantitative estimate of drug-likeness (QED) is 0.193. The maximum Gasteiger partial charge on any atom is 0.274 e. The third-order valence-electron chi connectivity index (χ3n) is 6.96. The van der Waals surface area contributed by atoms with E-state index in [1.807, 2.05) is 0 Å². The predicted molar refractivity (Wildman–Crippen MR) is 146 cm³/mol. The second kappa shape index (κ2) is 12.1. The molecular formula is C29H30ClFN4O4. The Kier molecular flexibility index (Phi) is 8.40. The molecule has 3 aromatic rings. The van der Waals surface area contributed by atoms with Crippen molar-refractivity contribution in [3.8, 4) is 17.0 Å². The monoisotopic (exact) mass is 552 g/mol. The number of benzene rings is 2. The number of aliphatic hydroxyl groups excluding tert-OH is 1. The zero-order valence-electron chi connectivity index (χ0n) is 21.3. The van der Waals surface area contributed by atoms with Crippen LogP contribution in [0.1, 0.15) is 42.9 Å². The molecule has 3 N–H and O–H groups in total. The molecule has 39 heavy (non-hydrogen) atoms. The van der Waals surface area contributed by atoms with Gasteiger partial charge in [0, 0.05) is 17.7 Å². The summed E-state index contributed by atoms with van der Waals surface area (Å²) in [5.74, 6) is -0.491. The molecular weight excluding hydrogens is 523 g/mol. The molecule has 8 nitrogen and oxygen atoms in total. The van der Waals surface area contributed by atoms with Crippen LogP contribution in [0.3, 0.4) is 0 Å². The number of halogens is 2. The van der Waals surface area contributed by atoms with Crippen molar-refractivity contribution in [3.63, 3.8) is 0 Å². The fraction of sp³-hybridized carbons (Fsp3) is 0.345. The Balaban J connectivity index is 1.32. The Morgan fingerprint density at radius 1 is 1.15 bits per heavy atom. The van der Waals surface area contributed by atoms with Crippen LogP contribution in [0.5, 0.6) is 5.75 Å². The fourth-order valence-corrected chi connectivity index (χ4v) is 4.91. The Hall–Kier alpha value is -3.53. The van der Waals surface area contributed by atoms with Crippen molar-refractivity contribution >= 4 is 23.2 Å². The number of carbonyl (C=O) groups excluding carboxylic acids is 1. The van der Waals surface area contributed by atoms with Gasteiger partial charge in [-0.1, -0.05) is 47.1 Å². The summed E-state index contributed by atoms with van der Waals surface area (Å²) in [5.41, 5.74) is 2.00. The van der Waals surface area contributed by atoms with Crippen LogP contribution in [-0.2, 0) is 4.79 Å². The number of aliphatic hydroxyl groups is 1. The first-order valence-corrected chi connectivity index (χ1v) is 13.4. The molecule has 2 heterocycles. The number of pyridine rings is 1. The van der Waals surface area contributed by atoms with Gasteiger partial charge in [0.2, 0.25) is 0 Å². The molecule has 1 aliphatic carbocycles. The maximum absolute atomic E-state index is 13.3. The minimum atomic E-state index is -1.06. The van der Waals surface area contributed by atoms with E-state index in [1.54, 1.807) is 48.5 Å². The average Bonchev–Trinajstić information content (AvgIpc) is 3.62. The Morgan fingerprint density at radius 3 is 2.51 bits per heavy atom. The van der Waals surface area contributed by atoms with Crippen LogP contribution in [0.4, 0.5) is 4.39 Å². The summed E-state index contributed by atoms with van der Waals surface area (Å²) in [4.78, 5) is 19.5. The summed E-state index contributed by atoms with van der Waals surface area (Å²) in [5, 5.41) is 27.6. The molecule has 0 unspecified atom stereocenters. The summed E-state index contributed by atoms with van der Waals surface area (Å²) < 4.78 is 19.0. The molecule has 2 fully saturated rings. The Bertz CT molecular complexity index is 1330. The number of hydrogen-bond acceptors (Lipinski definition) is 7. The highest BCUT2D eigenvalue weighted by molar-refractivity contribution is 6.45. The zero-order valence-corrected chi connectivity index (χ0v) is 22.0. The van der Waals surface area contributed by atoms with Crippen LogP contribution in [-0.4, -0.2) is 63.6 Å². The molecule has 10 heteroatoms. The van der Waals surface area contributed by atoms with E-state index in [2.05, 4.69) is 20.4 Å². The molecule has 204 valence electrons. The lowest BCUT2D eigenvalue weighted by molar-refractivity contribution is -0.116. The minimum Gasteiger partial charge on any atom is -0.489 e. The van der Waals surface area contributed by atoms with E-state index in [0.29, 0.717) is 39.7 Å². The number of carbonyl (C=O) groups is 1. The van der Waals surface area contributed by atoms with Crippen molar-refractivity contribution in [3.05, 3.63) is 82.8 Å². The third-order valence-corrected chi connectivity index (χ3v) is 7.26. The number of rotatable bonds is 10. The molecule has 1 aromatic heterocycles. The van der Waals surface area contributed by atoms with Gasteiger partial charge >= 0.3 is 0 Å². The van der Waals surface area contributed by atoms with Gasteiger partial charge in [0.25, 0.3) is 5.91 Å². The smallest absolute Gasteiger partial charge is 0.274 e. The highest BCUT2D eigenvalue weighted by Crippen LogP contribution is 2.34. The molecule has 1 aliphatic heterocycles. The van der Waals surface area contributed by atoms with E-state index in [-0.39, 0.29) is 11.8 Å². The van der Waals surface area contributed by atoms with Crippen molar-refractivity contribution in [1.82, 2.24) is 15.2 Å². The first-order valence-electron chi connectivity index (χ1n) is 13.0. The van der Waals surface area contributed by atoms with Gasteiger partial charge in [-0.3, -0.25) is 9.78 Å². The van der Waals surface area contributed by atoms with Gasteiger partial charge in [-0.15, -0.1) is 0 Å². The van der Waals surface area contributed by atoms with Crippen molar-refractivity contribution in [2.45, 2.75) is 43.9 Å². The molecule has 1 saturated carbocycles. The minimum absolute atomic E-state index is 0.192. The lowest BCUT2D eigenvalue weighted by atomic mass is 10.00. The highest BCUT2D eigenvalue weighted by atomic mass is 35.5. The zero-order chi connectivity index (χ0) is 27.4. The predicted octanol–water partition coefficient (Wildman–Crippen LogP) is 4.57. The standard InChI is InChI=1S/C29H30ClFN4O4/c30-23-15-20(7-12-26(23)39-22-9-10-22)28(36)25(17-35-13-1-2-14-35)33-29(37)27(34-38)19-5-3-18(4-6-19)24-11-8-21(31)16-32-24/h3-8,11-12,15-16,22,25,28,36,38H,1-2,9-10,13-14,17H2,(H,33,37)/t25-,28-/m1/s1. The van der Waals surface area contributed by atoms with Gasteiger partial charge in [0.05, 0.1) is 29.1 Å². The number of amides is 1. The van der Waals surface area contributed by atoms with Gasteiger partial charge in [-0.2, -0.15) is 0 Å². The first kappa shape index (κ1) is 27.1. The van der Waals surface area contributed by atoms with E-state index in [1.165, 1.54) is 6.07 Å². The third kappa shape index (κ3) is 6.73. The Morgan fingerprint density at radius 2 is 1.90 bits per heavy atom. The van der Waals surface area contributed by atoms with Crippen molar-refractivity contribution in [2.75, 3.05) is 19.6 Å². The molecule has 2 aliphatic rings. The molecule has 1 saturated heterocycles. The van der Waals surface area contributed by atoms with Gasteiger partial charge in [0.15, 0.2) is 5.71 Å². The van der Waals surface area contributed by atoms with Crippen LogP contribution in [0.25, 0.3) is 11.3 Å². The second-order valence-corrected chi connectivity index (χ2v) is 10.3. The lowest BCUT2D eigenvalue weighted by Crippen LogP contribution is -2.48. The average molecular weight is 553 g/mol. The van der Waals surface area contributed by atoms with Gasteiger partial charge < -0.3 is 25.3 Å². The van der Waals surface area contributed by atoms with E-state index in [9.17, 15) is 19.5 Å². The molecule has 2 atom stereocenters. The van der Waals surface area contributed by atoms with Crippen LogP contribution < -0.4 is 10.1 Å². The molecule has 5 rings (SSSR count). The Labute approximate surface area is 231 Å². The molecule has 1 amide bonds. The summed E-state index contributed by atoms with van der Waals surface area (Å²) >= 11 is 6.43. The number of aromatic nitrogens is 1. The van der Waals surface area contributed by atoms with Crippen LogP contribution >= 0.6 is 11.6 Å². The first-order chi connectivity index (χ1) is 18.9. The number of nitrogens with zero attached hydrogens (tertiary/aromatic N) is 3. The SMILES string of the molecule is O=C(N[C@H](CN1CCCC1)[C@H](O)c1ccc(OC2CC2)c(Cl)c1)C(=NO)c1ccc(-c2ccc(F)cn2)cc1. The molecule has 2 aromatic carbocycles. The largest absolute Gasteiger partial charge is 0.489 e. The number of ether oxygens (including phenoxy) is 1. The van der Waals surface area contributed by atoms with Gasteiger partial charge in [-0.25, -0.2) is 4.39 Å². The van der Waals surface area contributed by atoms with Crippen molar-refractivity contribution in [2.24, 2.45) is 5.16 Å². The summed E-state index contributed by atoms with van der Waals surface area (Å²) in [7, 11) is 0. The summed E-state index contributed by atoms with van der Waals surface area (Å²) in [6.45, 7) is 2.15. The highest BCUT2D eigenvalue weighted by Gasteiger charge is 2.30. The number of likely N-dealkylation sites (tertiary alicyclic amines) is 1. The van der Waals surface area contributed by atoms with E-state index < -0.39 is 23.9 Å². The normalized spacial score (nSPS) is 17.6. The molecule has 0 radical (unpaired) electrons. The van der Waals surface area contributed by atoms with Crippen LogP contribution in [0, 0.1) is 5.82 Å². The van der Waals surface area contributed by atoms with E-state index >= 15 is 0 Å². The summed E-state index contributed by atoms with van der Waals surface area (Å²) in [6, 6.07) is 14.0. The second-order valence-electron chi connectivity index (χ2n) is 9.93. The molecule has 0 bridgehead atoms. The van der Waals surface area contributed by atoms with Crippen molar-refractivity contribution in [1.29, 1.82) is 0 Å². The summed E-state index contributed by atoms with van der Waals surface area (Å²) in [6.07, 6.45) is 4.37. The van der Waals surface area contributed by atoms with E-state index in [0.717, 1.165) is 45.0 Å². The van der Waals surface area contributed by atoms with Crippen LogP contribution in [0.2, 0.25) is 5.02 Å². The fourth-order valence-electron chi connectivity index (χ4n) is 4.68. The molecule has 0 spiro atoms. The van der Waals surface area contributed by atoms with Crippen LogP contribution in [0.15, 0.2) is 65.9 Å². The van der Waals surface area contributed by atoms with Gasteiger partial charge in [0.1, 0.15) is 17.7 Å². The van der Waals surface area contributed by atoms with Crippen molar-refractivity contribution < 1.29 is 24.2 Å². The van der Waals surface area contributed by atoms with E-state index in [4.69, 9.17) is 16.3 Å². The maximum atomic E-state index is 13.3.